The molecule has 0 bridgehead atoms. The summed E-state index contributed by atoms with van der Waals surface area (Å²) in [5, 5.41) is 0. The Morgan fingerprint density at radius 2 is 1.63 bits per heavy atom. The molecule has 0 atom stereocenters. The second-order valence-electron chi connectivity index (χ2n) is 6.27. The highest BCUT2D eigenvalue weighted by Crippen LogP contribution is 2.35. The molecule has 1 aromatic carbocycles. The lowest BCUT2D eigenvalue weighted by Crippen LogP contribution is -2.05. The van der Waals surface area contributed by atoms with Crippen LogP contribution in [0.2, 0.25) is 0 Å². The van der Waals surface area contributed by atoms with Gasteiger partial charge in [0.15, 0.2) is 9.84 Å². The molecule has 0 unspecified atom stereocenters. The van der Waals surface area contributed by atoms with Crippen molar-refractivity contribution in [3.05, 3.63) is 47.8 Å². The Hall–Kier alpha value is -3.00. The molecule has 0 amide bonds. The van der Waals surface area contributed by atoms with Gasteiger partial charge in [-0.15, -0.1) is 0 Å². The predicted octanol–water partition coefficient (Wildman–Crippen LogP) is 2.64. The van der Waals surface area contributed by atoms with Crippen molar-refractivity contribution in [1.82, 2.24) is 15.0 Å². The third kappa shape index (κ3) is 3.75. The minimum Gasteiger partial charge on any atom is -0.384 e. The Morgan fingerprint density at radius 1 is 0.963 bits per heavy atom. The number of sulfone groups is 1. The molecule has 0 aliphatic carbocycles. The first kappa shape index (κ1) is 18.8. The summed E-state index contributed by atoms with van der Waals surface area (Å²) >= 11 is 0. The van der Waals surface area contributed by atoms with Gasteiger partial charge in [0.05, 0.1) is 22.0 Å². The molecule has 4 N–H and O–H groups in total. The highest BCUT2D eigenvalue weighted by Gasteiger charge is 2.18. The van der Waals surface area contributed by atoms with Crippen LogP contribution < -0.4 is 11.5 Å². The van der Waals surface area contributed by atoms with Crippen molar-refractivity contribution in [2.75, 3.05) is 17.7 Å². The quantitative estimate of drug-likeness (QED) is 0.709. The van der Waals surface area contributed by atoms with Crippen LogP contribution >= 0.6 is 0 Å². The zero-order chi connectivity index (χ0) is 19.8. The van der Waals surface area contributed by atoms with E-state index in [2.05, 4.69) is 15.0 Å². The van der Waals surface area contributed by atoms with Crippen molar-refractivity contribution in [3.63, 3.8) is 0 Å². The standard InChI is InChI=1S/C19H21N5O2S/c1-4-15-14(9-10-16(20)23-15)17-11(2)22-19(21)24-18(17)12-5-7-13(8-6-12)27(3,25)26/h5-10H,4H2,1-3H3,(H2,20,23)(H2,21,22,24). The number of hydrogen-bond acceptors (Lipinski definition) is 7. The molecular weight excluding hydrogens is 362 g/mol. The maximum absolute atomic E-state index is 11.7. The number of pyridine rings is 1. The van der Waals surface area contributed by atoms with Gasteiger partial charge in [0, 0.05) is 22.9 Å². The summed E-state index contributed by atoms with van der Waals surface area (Å²) in [5.41, 5.74) is 16.3. The second kappa shape index (κ2) is 6.96. The van der Waals surface area contributed by atoms with Gasteiger partial charge in [-0.3, -0.25) is 0 Å². The maximum Gasteiger partial charge on any atom is 0.220 e. The number of anilines is 2. The smallest absolute Gasteiger partial charge is 0.220 e. The van der Waals surface area contributed by atoms with Gasteiger partial charge in [-0.1, -0.05) is 19.1 Å². The molecule has 140 valence electrons. The number of hydrogen-bond donors (Lipinski definition) is 2. The Morgan fingerprint density at radius 3 is 2.22 bits per heavy atom. The summed E-state index contributed by atoms with van der Waals surface area (Å²) < 4.78 is 23.5. The molecule has 3 rings (SSSR count). The number of rotatable bonds is 4. The van der Waals surface area contributed by atoms with Gasteiger partial charge in [-0.25, -0.2) is 23.4 Å². The van der Waals surface area contributed by atoms with Crippen molar-refractivity contribution in [3.8, 4) is 22.4 Å². The Kier molecular flexibility index (Phi) is 4.84. The van der Waals surface area contributed by atoms with Crippen LogP contribution in [0.25, 0.3) is 22.4 Å². The van der Waals surface area contributed by atoms with Gasteiger partial charge in [-0.05, 0) is 37.6 Å². The minimum absolute atomic E-state index is 0.153. The number of nitrogens with two attached hydrogens (primary N) is 2. The van der Waals surface area contributed by atoms with Gasteiger partial charge in [-0.2, -0.15) is 0 Å². The topological polar surface area (TPSA) is 125 Å². The largest absolute Gasteiger partial charge is 0.384 e. The summed E-state index contributed by atoms with van der Waals surface area (Å²) in [6.45, 7) is 3.86. The molecule has 0 radical (unpaired) electrons. The van der Waals surface area contributed by atoms with E-state index in [9.17, 15) is 8.42 Å². The molecule has 0 saturated heterocycles. The van der Waals surface area contributed by atoms with Crippen molar-refractivity contribution < 1.29 is 8.42 Å². The average Bonchev–Trinajstić information content (AvgIpc) is 2.61. The fourth-order valence-corrected chi connectivity index (χ4v) is 3.63. The van der Waals surface area contributed by atoms with Crippen LogP contribution in [0.5, 0.6) is 0 Å². The summed E-state index contributed by atoms with van der Waals surface area (Å²) in [6.07, 6.45) is 1.87. The van der Waals surface area contributed by atoms with Crippen LogP contribution in [-0.4, -0.2) is 29.6 Å². The second-order valence-corrected chi connectivity index (χ2v) is 8.29. The van der Waals surface area contributed by atoms with Crippen molar-refractivity contribution in [2.45, 2.75) is 25.2 Å². The fourth-order valence-electron chi connectivity index (χ4n) is 3.00. The predicted molar refractivity (Wildman–Crippen MR) is 107 cm³/mol. The molecule has 0 fully saturated rings. The van der Waals surface area contributed by atoms with Crippen LogP contribution in [-0.2, 0) is 16.3 Å². The summed E-state index contributed by atoms with van der Waals surface area (Å²) in [4.78, 5) is 13.4. The van der Waals surface area contributed by atoms with Gasteiger partial charge in [0.2, 0.25) is 5.95 Å². The Bertz CT molecular complexity index is 1110. The molecule has 27 heavy (non-hydrogen) atoms. The van der Waals surface area contributed by atoms with Crippen molar-refractivity contribution in [1.29, 1.82) is 0 Å². The number of aromatic nitrogens is 3. The lowest BCUT2D eigenvalue weighted by Gasteiger charge is -2.15. The van der Waals surface area contributed by atoms with E-state index in [1.54, 1.807) is 30.3 Å². The third-order valence-corrected chi connectivity index (χ3v) is 5.39. The molecule has 0 saturated carbocycles. The number of nitrogen functional groups attached to an aromatic ring is 2. The highest BCUT2D eigenvalue weighted by atomic mass is 32.2. The molecule has 3 aromatic rings. The average molecular weight is 383 g/mol. The fraction of sp³-hybridized carbons (Fsp3) is 0.211. The van der Waals surface area contributed by atoms with E-state index in [1.807, 2.05) is 19.9 Å². The number of nitrogens with zero attached hydrogens (tertiary/aromatic N) is 3. The molecule has 8 heteroatoms. The SMILES string of the molecule is CCc1nc(N)ccc1-c1c(C)nc(N)nc1-c1ccc(S(C)(=O)=O)cc1. The van der Waals surface area contributed by atoms with Crippen LogP contribution in [0, 0.1) is 6.92 Å². The molecule has 7 nitrogen and oxygen atoms in total. The highest BCUT2D eigenvalue weighted by molar-refractivity contribution is 7.90. The minimum atomic E-state index is -3.28. The first-order valence-corrected chi connectivity index (χ1v) is 10.3. The lowest BCUT2D eigenvalue weighted by atomic mass is 9.96. The van der Waals surface area contributed by atoms with Crippen LogP contribution in [0.4, 0.5) is 11.8 Å². The van der Waals surface area contributed by atoms with Crippen molar-refractivity contribution >= 4 is 21.6 Å². The van der Waals surface area contributed by atoms with E-state index in [0.29, 0.717) is 23.6 Å². The maximum atomic E-state index is 11.7. The monoisotopic (exact) mass is 383 g/mol. The third-order valence-electron chi connectivity index (χ3n) is 4.26. The lowest BCUT2D eigenvalue weighted by molar-refractivity contribution is 0.602. The van der Waals surface area contributed by atoms with Crippen molar-refractivity contribution in [2.24, 2.45) is 0 Å². The van der Waals surface area contributed by atoms with E-state index >= 15 is 0 Å². The Balaban J connectivity index is 2.26. The van der Waals surface area contributed by atoms with Gasteiger partial charge in [0.1, 0.15) is 5.82 Å². The van der Waals surface area contributed by atoms with Gasteiger partial charge in [0.25, 0.3) is 0 Å². The van der Waals surface area contributed by atoms with Crippen LogP contribution in [0.1, 0.15) is 18.3 Å². The molecule has 0 spiro atoms. The van der Waals surface area contributed by atoms with E-state index in [0.717, 1.165) is 22.4 Å². The summed E-state index contributed by atoms with van der Waals surface area (Å²) in [7, 11) is -3.28. The Labute approximate surface area is 158 Å². The summed E-state index contributed by atoms with van der Waals surface area (Å²) in [5.74, 6) is 0.601. The zero-order valence-electron chi connectivity index (χ0n) is 15.4. The van der Waals surface area contributed by atoms with Gasteiger partial charge < -0.3 is 11.5 Å². The van der Waals surface area contributed by atoms with E-state index in [4.69, 9.17) is 11.5 Å². The van der Waals surface area contributed by atoms with E-state index in [1.165, 1.54) is 6.26 Å². The molecule has 0 aliphatic rings. The normalized spacial score (nSPS) is 11.5. The first-order valence-electron chi connectivity index (χ1n) is 8.41. The van der Waals surface area contributed by atoms with Crippen LogP contribution in [0.3, 0.4) is 0 Å². The summed E-state index contributed by atoms with van der Waals surface area (Å²) in [6, 6.07) is 10.2. The molecular formula is C19H21N5O2S. The molecule has 0 aliphatic heterocycles. The van der Waals surface area contributed by atoms with E-state index in [-0.39, 0.29) is 10.8 Å². The van der Waals surface area contributed by atoms with E-state index < -0.39 is 9.84 Å². The molecule has 2 aromatic heterocycles. The molecule has 2 heterocycles. The first-order chi connectivity index (χ1) is 12.7. The zero-order valence-corrected chi connectivity index (χ0v) is 16.2. The van der Waals surface area contributed by atoms with Gasteiger partial charge >= 0.3 is 0 Å². The number of aryl methyl sites for hydroxylation is 2. The van der Waals surface area contributed by atoms with Crippen LogP contribution in [0.15, 0.2) is 41.3 Å². The number of benzene rings is 1.